The van der Waals surface area contributed by atoms with Crippen LogP contribution in [0.25, 0.3) is 11.1 Å². The number of nitrogens with one attached hydrogen (secondary N) is 1. The third-order valence-electron chi connectivity index (χ3n) is 4.05. The van der Waals surface area contributed by atoms with Crippen molar-refractivity contribution in [1.82, 2.24) is 9.97 Å². The molecule has 0 aliphatic heterocycles. The first-order valence-electron chi connectivity index (χ1n) is 7.86. The average molecular weight is 393 g/mol. The Morgan fingerprint density at radius 1 is 1.35 bits per heavy atom. The number of hydrogen-bond acceptors (Lipinski definition) is 6. The van der Waals surface area contributed by atoms with Crippen molar-refractivity contribution in [1.29, 1.82) is 0 Å². The molecule has 1 N–H and O–H groups in total. The van der Waals surface area contributed by atoms with Gasteiger partial charge in [0.25, 0.3) is 5.22 Å². The number of fused-ring (bicyclic) bond motifs is 1. The summed E-state index contributed by atoms with van der Waals surface area (Å²) in [5, 5.41) is 0.498. The number of ether oxygens (including phenoxy) is 1. The van der Waals surface area contributed by atoms with E-state index < -0.39 is 11.2 Å². The number of methoxy groups -OCH3 is 1. The number of halogens is 1. The van der Waals surface area contributed by atoms with Gasteiger partial charge in [-0.3, -0.25) is 4.79 Å². The van der Waals surface area contributed by atoms with Crippen LogP contribution < -0.4 is 0 Å². The lowest BCUT2D eigenvalue weighted by Crippen LogP contribution is -2.15. The molecule has 0 saturated heterocycles. The highest BCUT2D eigenvalue weighted by Gasteiger charge is 2.27. The van der Waals surface area contributed by atoms with E-state index in [9.17, 15) is 9.59 Å². The van der Waals surface area contributed by atoms with E-state index in [4.69, 9.17) is 20.8 Å². The standard InChI is InChI=1S/C18H17ClN2O4S/c1-8-14(17(23)24-4)9(2)20-15(8)16(22)10(3)26-18-21-12-7-11(19)5-6-13(12)25-18/h5-7,10,20H,1-4H3. The molecule has 0 saturated carbocycles. The van der Waals surface area contributed by atoms with E-state index in [-0.39, 0.29) is 5.78 Å². The van der Waals surface area contributed by atoms with E-state index in [0.717, 1.165) is 0 Å². The van der Waals surface area contributed by atoms with E-state index in [1.165, 1.54) is 18.9 Å². The zero-order valence-electron chi connectivity index (χ0n) is 14.7. The fourth-order valence-corrected chi connectivity index (χ4v) is 3.73. The van der Waals surface area contributed by atoms with E-state index in [1.807, 2.05) is 0 Å². The Labute approximate surface area is 159 Å². The number of carbonyl (C=O) groups excluding carboxylic acids is 2. The van der Waals surface area contributed by atoms with Crippen LogP contribution in [0.2, 0.25) is 5.02 Å². The topological polar surface area (TPSA) is 85.2 Å². The lowest BCUT2D eigenvalue weighted by Gasteiger charge is -2.07. The number of esters is 1. The van der Waals surface area contributed by atoms with Crippen LogP contribution in [0, 0.1) is 13.8 Å². The molecule has 0 spiro atoms. The van der Waals surface area contributed by atoms with Crippen molar-refractivity contribution in [3.8, 4) is 0 Å². The highest BCUT2D eigenvalue weighted by Crippen LogP contribution is 2.30. The van der Waals surface area contributed by atoms with Crippen LogP contribution in [-0.2, 0) is 4.74 Å². The second-order valence-corrected chi connectivity index (χ2v) is 7.56. The number of Topliss-reactive ketones (excluding diaryl/α,β-unsaturated/α-hetero) is 1. The molecule has 0 bridgehead atoms. The number of ketones is 1. The molecular formula is C18H17ClN2O4S. The number of thioether (sulfide) groups is 1. The van der Waals surface area contributed by atoms with Crippen molar-refractivity contribution in [3.05, 3.63) is 45.7 Å². The molecule has 0 fully saturated rings. The van der Waals surface area contributed by atoms with Crippen molar-refractivity contribution in [2.24, 2.45) is 0 Å². The monoisotopic (exact) mass is 392 g/mol. The van der Waals surface area contributed by atoms with Crippen molar-refractivity contribution in [3.63, 3.8) is 0 Å². The molecule has 3 rings (SSSR count). The Balaban J connectivity index is 1.84. The zero-order chi connectivity index (χ0) is 19.0. The SMILES string of the molecule is COC(=O)c1c(C)[nH]c(C(=O)C(C)Sc2nc3cc(Cl)ccc3o2)c1C. The maximum Gasteiger partial charge on any atom is 0.339 e. The van der Waals surface area contributed by atoms with Crippen molar-refractivity contribution >= 4 is 46.2 Å². The molecule has 0 radical (unpaired) electrons. The number of oxazole rings is 1. The summed E-state index contributed by atoms with van der Waals surface area (Å²) < 4.78 is 10.4. The summed E-state index contributed by atoms with van der Waals surface area (Å²) in [6, 6.07) is 5.16. The van der Waals surface area contributed by atoms with E-state index in [2.05, 4.69) is 9.97 Å². The second kappa shape index (κ2) is 7.17. The summed E-state index contributed by atoms with van der Waals surface area (Å²) in [5.41, 5.74) is 3.21. The molecule has 3 aromatic rings. The number of aromatic amines is 1. The molecule has 2 heterocycles. The third-order valence-corrected chi connectivity index (χ3v) is 5.23. The molecule has 1 atom stereocenters. The van der Waals surface area contributed by atoms with Gasteiger partial charge in [-0.15, -0.1) is 0 Å². The van der Waals surface area contributed by atoms with Crippen LogP contribution in [0.15, 0.2) is 27.8 Å². The predicted octanol–water partition coefficient (Wildman–Crippen LogP) is 4.58. The van der Waals surface area contributed by atoms with Gasteiger partial charge in [0.05, 0.1) is 23.6 Å². The fraction of sp³-hybridized carbons (Fsp3) is 0.278. The maximum absolute atomic E-state index is 12.8. The molecule has 0 aliphatic carbocycles. The molecule has 136 valence electrons. The third kappa shape index (κ3) is 3.37. The van der Waals surface area contributed by atoms with Crippen molar-refractivity contribution in [2.45, 2.75) is 31.2 Å². The fourth-order valence-electron chi connectivity index (χ4n) is 2.74. The molecule has 1 unspecified atom stereocenters. The molecule has 2 aromatic heterocycles. The molecule has 0 amide bonds. The summed E-state index contributed by atoms with van der Waals surface area (Å²) >= 11 is 7.16. The molecule has 8 heteroatoms. The molecule has 6 nitrogen and oxygen atoms in total. The Hall–Kier alpha value is -2.25. The van der Waals surface area contributed by atoms with Gasteiger partial charge in [-0.25, -0.2) is 9.78 Å². The Bertz CT molecular complexity index is 1010. The summed E-state index contributed by atoms with van der Waals surface area (Å²) in [6.07, 6.45) is 0. The zero-order valence-corrected chi connectivity index (χ0v) is 16.2. The number of carbonyl (C=O) groups is 2. The Morgan fingerprint density at radius 2 is 2.08 bits per heavy atom. The minimum absolute atomic E-state index is 0.147. The van der Waals surface area contributed by atoms with Gasteiger partial charge in [0.1, 0.15) is 5.52 Å². The first-order valence-corrected chi connectivity index (χ1v) is 9.12. The van der Waals surface area contributed by atoms with Gasteiger partial charge in [0.15, 0.2) is 11.4 Å². The van der Waals surface area contributed by atoms with E-state index >= 15 is 0 Å². The van der Waals surface area contributed by atoms with Crippen LogP contribution in [0.5, 0.6) is 0 Å². The molecular weight excluding hydrogens is 376 g/mol. The minimum Gasteiger partial charge on any atom is -0.465 e. The maximum atomic E-state index is 12.8. The first kappa shape index (κ1) is 18.5. The number of aryl methyl sites for hydroxylation is 1. The highest BCUT2D eigenvalue weighted by molar-refractivity contribution is 8.00. The quantitative estimate of drug-likeness (QED) is 0.388. The number of nitrogens with zero attached hydrogens (tertiary/aromatic N) is 1. The van der Waals surface area contributed by atoms with E-state index in [1.54, 1.807) is 39.0 Å². The second-order valence-electron chi connectivity index (χ2n) is 5.83. The highest BCUT2D eigenvalue weighted by atomic mass is 35.5. The van der Waals surface area contributed by atoms with Gasteiger partial charge in [-0.2, -0.15) is 0 Å². The predicted molar refractivity (Wildman–Crippen MR) is 100 cm³/mol. The number of hydrogen-bond donors (Lipinski definition) is 1. The minimum atomic E-state index is -0.466. The number of rotatable bonds is 5. The van der Waals surface area contributed by atoms with Crippen molar-refractivity contribution in [2.75, 3.05) is 7.11 Å². The summed E-state index contributed by atoms with van der Waals surface area (Å²) in [5.74, 6) is -0.613. The lowest BCUT2D eigenvalue weighted by molar-refractivity contribution is 0.0599. The summed E-state index contributed by atoms with van der Waals surface area (Å²) in [4.78, 5) is 32.1. The van der Waals surface area contributed by atoms with Gasteiger partial charge < -0.3 is 14.1 Å². The van der Waals surface area contributed by atoms with E-state index in [0.29, 0.717) is 43.9 Å². The van der Waals surface area contributed by atoms with Gasteiger partial charge >= 0.3 is 5.97 Å². The largest absolute Gasteiger partial charge is 0.465 e. The summed E-state index contributed by atoms with van der Waals surface area (Å²) in [6.45, 7) is 5.22. The van der Waals surface area contributed by atoms with Gasteiger partial charge in [0.2, 0.25) is 0 Å². The number of benzene rings is 1. The molecule has 1 aromatic carbocycles. The van der Waals surface area contributed by atoms with Crippen LogP contribution in [0.1, 0.15) is 39.0 Å². The van der Waals surface area contributed by atoms with Crippen LogP contribution in [0.3, 0.4) is 0 Å². The first-order chi connectivity index (χ1) is 12.3. The Morgan fingerprint density at radius 3 is 2.77 bits per heavy atom. The number of aromatic nitrogens is 2. The average Bonchev–Trinajstić information content (AvgIpc) is 3.12. The normalized spacial score (nSPS) is 12.3. The molecule has 0 aliphatic rings. The van der Waals surface area contributed by atoms with Crippen LogP contribution >= 0.6 is 23.4 Å². The van der Waals surface area contributed by atoms with Crippen LogP contribution in [0.4, 0.5) is 0 Å². The number of H-pyrrole nitrogens is 1. The smallest absolute Gasteiger partial charge is 0.339 e. The van der Waals surface area contributed by atoms with Gasteiger partial charge in [0, 0.05) is 10.7 Å². The Kier molecular flexibility index (Phi) is 5.11. The lowest BCUT2D eigenvalue weighted by atomic mass is 10.1. The summed E-state index contributed by atoms with van der Waals surface area (Å²) in [7, 11) is 1.31. The molecule has 26 heavy (non-hydrogen) atoms. The van der Waals surface area contributed by atoms with Gasteiger partial charge in [-0.05, 0) is 44.5 Å². The van der Waals surface area contributed by atoms with Crippen LogP contribution in [-0.4, -0.2) is 34.1 Å². The van der Waals surface area contributed by atoms with Crippen molar-refractivity contribution < 1.29 is 18.7 Å². The van der Waals surface area contributed by atoms with Gasteiger partial charge in [-0.1, -0.05) is 23.4 Å².